The third-order valence-corrected chi connectivity index (χ3v) is 3.26. The predicted molar refractivity (Wildman–Crippen MR) is 86.8 cm³/mol. The Morgan fingerprint density at radius 3 is 2.52 bits per heavy atom. The van der Waals surface area contributed by atoms with Gasteiger partial charge >= 0.3 is 0 Å². The molecule has 1 unspecified atom stereocenters. The van der Waals surface area contributed by atoms with E-state index in [0.717, 1.165) is 5.56 Å². The molecule has 0 aliphatic carbocycles. The smallest absolute Gasteiger partial charge is 0.180 e. The number of aromatic nitrogens is 3. The Bertz CT molecular complexity index is 766. The minimum Gasteiger partial charge on any atom is -0.491 e. The van der Waals surface area contributed by atoms with Crippen LogP contribution in [-0.4, -0.2) is 27.2 Å². The molecule has 0 saturated heterocycles. The fourth-order valence-electron chi connectivity index (χ4n) is 2.09. The topological polar surface area (TPSA) is 80.2 Å². The van der Waals surface area contributed by atoms with Gasteiger partial charge in [0.1, 0.15) is 5.69 Å². The van der Waals surface area contributed by atoms with E-state index in [1.807, 2.05) is 48.5 Å². The summed E-state index contributed by atoms with van der Waals surface area (Å²) in [6.45, 7) is 0. The van der Waals surface area contributed by atoms with Gasteiger partial charge in [-0.15, -0.1) is 0 Å². The third kappa shape index (κ3) is 3.44. The van der Waals surface area contributed by atoms with E-state index in [2.05, 4.69) is 20.3 Å². The van der Waals surface area contributed by atoms with Gasteiger partial charge in [0.2, 0.25) is 0 Å². The second-order valence-corrected chi connectivity index (χ2v) is 4.78. The quantitative estimate of drug-likeness (QED) is 0.705. The molecule has 0 aliphatic rings. The zero-order valence-electron chi connectivity index (χ0n) is 12.5. The second kappa shape index (κ2) is 6.85. The lowest BCUT2D eigenvalue weighted by Crippen LogP contribution is -2.12. The molecular weight excluding hydrogens is 292 g/mol. The highest BCUT2D eigenvalue weighted by Gasteiger charge is 2.14. The summed E-state index contributed by atoms with van der Waals surface area (Å²) in [5, 5.41) is 13.3. The molecule has 0 amide bonds. The second-order valence-electron chi connectivity index (χ2n) is 4.78. The number of pyridine rings is 1. The first-order chi connectivity index (χ1) is 11.3. The Balaban J connectivity index is 1.91. The highest BCUT2D eigenvalue weighted by atomic mass is 16.5. The van der Waals surface area contributed by atoms with Gasteiger partial charge in [0.15, 0.2) is 23.6 Å². The Morgan fingerprint density at radius 2 is 1.83 bits per heavy atom. The predicted octanol–water partition coefficient (Wildman–Crippen LogP) is 2.65. The number of benzene rings is 1. The van der Waals surface area contributed by atoms with Gasteiger partial charge < -0.3 is 15.2 Å². The highest BCUT2D eigenvalue weighted by Crippen LogP contribution is 2.26. The average Bonchev–Trinajstić information content (AvgIpc) is 2.63. The van der Waals surface area contributed by atoms with Crippen LogP contribution in [0.3, 0.4) is 0 Å². The van der Waals surface area contributed by atoms with Crippen LogP contribution in [0.25, 0.3) is 11.5 Å². The lowest BCUT2D eigenvalue weighted by Gasteiger charge is -2.16. The summed E-state index contributed by atoms with van der Waals surface area (Å²) in [6.07, 6.45) is 2.32. The van der Waals surface area contributed by atoms with Gasteiger partial charge in [-0.1, -0.05) is 36.4 Å². The van der Waals surface area contributed by atoms with Gasteiger partial charge in [0.25, 0.3) is 0 Å². The Morgan fingerprint density at radius 1 is 1.04 bits per heavy atom. The fourth-order valence-corrected chi connectivity index (χ4v) is 2.09. The minimum absolute atomic E-state index is 0.402. The summed E-state index contributed by atoms with van der Waals surface area (Å²) in [7, 11) is 1.53. The monoisotopic (exact) mass is 308 g/mol. The van der Waals surface area contributed by atoms with Crippen LogP contribution >= 0.6 is 0 Å². The molecule has 1 aromatic carbocycles. The number of aliphatic hydroxyl groups is 1. The van der Waals surface area contributed by atoms with E-state index in [1.54, 1.807) is 12.4 Å². The molecular formula is C17H16N4O2. The van der Waals surface area contributed by atoms with Gasteiger partial charge in [-0.05, 0) is 12.1 Å². The molecule has 0 fully saturated rings. The number of anilines is 1. The molecule has 0 radical (unpaired) electrons. The van der Waals surface area contributed by atoms with Gasteiger partial charge in [0.05, 0.1) is 13.3 Å². The molecule has 0 aliphatic heterocycles. The number of rotatable bonds is 5. The van der Waals surface area contributed by atoms with Crippen molar-refractivity contribution in [3.8, 4) is 17.3 Å². The summed E-state index contributed by atoms with van der Waals surface area (Å²) in [6, 6.07) is 14.8. The van der Waals surface area contributed by atoms with Crippen molar-refractivity contribution in [3.05, 3.63) is 66.5 Å². The van der Waals surface area contributed by atoms with Crippen LogP contribution in [0.5, 0.6) is 5.75 Å². The van der Waals surface area contributed by atoms with Gasteiger partial charge in [-0.3, -0.25) is 4.98 Å². The van der Waals surface area contributed by atoms with Crippen LogP contribution in [0.2, 0.25) is 0 Å². The van der Waals surface area contributed by atoms with Crippen molar-refractivity contribution in [2.45, 2.75) is 6.23 Å². The number of methoxy groups -OCH3 is 1. The molecule has 1 atom stereocenters. The van der Waals surface area contributed by atoms with Crippen LogP contribution < -0.4 is 10.1 Å². The summed E-state index contributed by atoms with van der Waals surface area (Å²) in [5.41, 5.74) is 1.37. The Hall–Kier alpha value is -2.99. The van der Waals surface area contributed by atoms with Gasteiger partial charge in [-0.2, -0.15) is 0 Å². The number of ether oxygens (including phenoxy) is 1. The SMILES string of the molecule is COc1cnc(-c2ccccn2)nc1NC(O)c1ccccc1. The number of nitrogens with one attached hydrogen (secondary N) is 1. The van der Waals surface area contributed by atoms with E-state index < -0.39 is 6.23 Å². The zero-order chi connectivity index (χ0) is 16.1. The van der Waals surface area contributed by atoms with Crippen molar-refractivity contribution in [1.29, 1.82) is 0 Å². The molecule has 0 saturated carbocycles. The molecule has 0 bridgehead atoms. The van der Waals surface area contributed by atoms with E-state index in [9.17, 15) is 5.11 Å². The molecule has 6 heteroatoms. The first-order valence-corrected chi connectivity index (χ1v) is 7.10. The average molecular weight is 308 g/mol. The standard InChI is InChI=1S/C17H16N4O2/c1-23-14-11-19-15(13-9-5-6-10-18-13)20-16(14)21-17(22)12-7-3-2-4-8-12/h2-11,17,22H,1H3,(H,19,20,21). The Kier molecular flexibility index (Phi) is 4.44. The van der Waals surface area contributed by atoms with Crippen LogP contribution in [0.4, 0.5) is 5.82 Å². The first-order valence-electron chi connectivity index (χ1n) is 7.10. The van der Waals surface area contributed by atoms with Crippen molar-refractivity contribution >= 4 is 5.82 Å². The summed E-state index contributed by atoms with van der Waals surface area (Å²) in [5.74, 6) is 1.30. The first kappa shape index (κ1) is 14.9. The molecule has 116 valence electrons. The maximum atomic E-state index is 10.3. The third-order valence-electron chi connectivity index (χ3n) is 3.26. The van der Waals surface area contributed by atoms with Crippen molar-refractivity contribution in [2.75, 3.05) is 12.4 Å². The molecule has 3 rings (SSSR count). The lowest BCUT2D eigenvalue weighted by molar-refractivity contribution is 0.207. The zero-order valence-corrected chi connectivity index (χ0v) is 12.5. The van der Waals surface area contributed by atoms with Crippen LogP contribution in [0.1, 0.15) is 11.8 Å². The molecule has 23 heavy (non-hydrogen) atoms. The van der Waals surface area contributed by atoms with Crippen molar-refractivity contribution in [3.63, 3.8) is 0 Å². The van der Waals surface area contributed by atoms with Gasteiger partial charge in [0, 0.05) is 11.8 Å². The Labute approximate surface area is 133 Å². The highest BCUT2D eigenvalue weighted by molar-refractivity contribution is 5.57. The van der Waals surface area contributed by atoms with E-state index in [0.29, 0.717) is 23.1 Å². The van der Waals surface area contributed by atoms with Crippen LogP contribution in [0.15, 0.2) is 60.9 Å². The van der Waals surface area contributed by atoms with E-state index in [1.165, 1.54) is 7.11 Å². The van der Waals surface area contributed by atoms with Gasteiger partial charge in [-0.25, -0.2) is 9.97 Å². The van der Waals surface area contributed by atoms with E-state index >= 15 is 0 Å². The maximum Gasteiger partial charge on any atom is 0.180 e. The molecule has 3 aromatic rings. The molecule has 2 heterocycles. The summed E-state index contributed by atoms with van der Waals surface area (Å²) in [4.78, 5) is 12.9. The number of aliphatic hydroxyl groups excluding tert-OH is 1. The number of nitrogens with zero attached hydrogens (tertiary/aromatic N) is 3. The molecule has 0 spiro atoms. The molecule has 2 N–H and O–H groups in total. The van der Waals surface area contributed by atoms with Crippen LogP contribution in [0, 0.1) is 0 Å². The fraction of sp³-hybridized carbons (Fsp3) is 0.118. The number of hydrogen-bond donors (Lipinski definition) is 2. The summed E-state index contributed by atoms with van der Waals surface area (Å²) < 4.78 is 5.25. The van der Waals surface area contributed by atoms with Crippen LogP contribution in [-0.2, 0) is 0 Å². The normalized spacial score (nSPS) is 11.7. The summed E-state index contributed by atoms with van der Waals surface area (Å²) >= 11 is 0. The molecule has 6 nitrogen and oxygen atoms in total. The van der Waals surface area contributed by atoms with Crippen molar-refractivity contribution in [1.82, 2.24) is 15.0 Å². The van der Waals surface area contributed by atoms with Crippen molar-refractivity contribution in [2.24, 2.45) is 0 Å². The lowest BCUT2D eigenvalue weighted by atomic mass is 10.2. The largest absolute Gasteiger partial charge is 0.491 e. The van der Waals surface area contributed by atoms with E-state index in [-0.39, 0.29) is 0 Å². The molecule has 2 aromatic heterocycles. The minimum atomic E-state index is -0.906. The maximum absolute atomic E-state index is 10.3. The van der Waals surface area contributed by atoms with E-state index in [4.69, 9.17) is 4.74 Å². The van der Waals surface area contributed by atoms with Crippen molar-refractivity contribution < 1.29 is 9.84 Å². The number of hydrogen-bond acceptors (Lipinski definition) is 6.